The number of nitrogens with one attached hydrogen (secondary N) is 1. The maximum atomic E-state index is 11.7. The van der Waals surface area contributed by atoms with E-state index in [1.807, 2.05) is 31.2 Å². The fourth-order valence-corrected chi connectivity index (χ4v) is 2.05. The number of hydrogen-bond acceptors (Lipinski definition) is 3. The zero-order valence-corrected chi connectivity index (χ0v) is 12.7. The Labute approximate surface area is 126 Å². The van der Waals surface area contributed by atoms with Crippen molar-refractivity contribution in [2.75, 3.05) is 6.54 Å². The molecule has 106 valence electrons. The molecular weight excluding hydrogens is 322 g/mol. The largest absolute Gasteiger partial charge is 0.489 e. The number of halogens is 1. The van der Waals surface area contributed by atoms with E-state index in [0.29, 0.717) is 6.54 Å². The zero-order chi connectivity index (χ0) is 14.4. The molecule has 5 nitrogen and oxygen atoms in total. The van der Waals surface area contributed by atoms with Crippen LogP contribution in [0.25, 0.3) is 0 Å². The van der Waals surface area contributed by atoms with Gasteiger partial charge in [-0.2, -0.15) is 5.10 Å². The molecule has 1 aromatic carbocycles. The lowest BCUT2D eigenvalue weighted by atomic mass is 10.3. The average Bonchev–Trinajstić information content (AvgIpc) is 2.89. The van der Waals surface area contributed by atoms with Crippen LogP contribution in [0.1, 0.15) is 6.92 Å². The molecule has 1 aromatic heterocycles. The second kappa shape index (κ2) is 7.09. The van der Waals surface area contributed by atoms with Crippen molar-refractivity contribution in [1.29, 1.82) is 0 Å². The van der Waals surface area contributed by atoms with Gasteiger partial charge in [0.2, 0.25) is 5.91 Å². The van der Waals surface area contributed by atoms with Crippen LogP contribution in [0.2, 0.25) is 0 Å². The van der Waals surface area contributed by atoms with Crippen LogP contribution in [0.4, 0.5) is 0 Å². The van der Waals surface area contributed by atoms with Crippen molar-refractivity contribution in [2.45, 2.75) is 19.6 Å². The molecule has 0 saturated heterocycles. The first-order valence-corrected chi connectivity index (χ1v) is 7.09. The van der Waals surface area contributed by atoms with E-state index >= 15 is 0 Å². The Hall–Kier alpha value is -1.82. The quantitative estimate of drug-likeness (QED) is 0.879. The molecule has 0 fully saturated rings. The third kappa shape index (κ3) is 4.70. The van der Waals surface area contributed by atoms with Gasteiger partial charge < -0.3 is 10.1 Å². The van der Waals surface area contributed by atoms with Crippen molar-refractivity contribution in [3.63, 3.8) is 0 Å². The van der Waals surface area contributed by atoms with Crippen LogP contribution in [0.3, 0.4) is 0 Å². The molecule has 0 radical (unpaired) electrons. The molecule has 0 aliphatic heterocycles. The summed E-state index contributed by atoms with van der Waals surface area (Å²) in [7, 11) is 0. The highest BCUT2D eigenvalue weighted by atomic mass is 79.9. The highest BCUT2D eigenvalue weighted by molar-refractivity contribution is 9.10. The van der Waals surface area contributed by atoms with E-state index in [2.05, 4.69) is 26.3 Å². The van der Waals surface area contributed by atoms with Gasteiger partial charge in [0.25, 0.3) is 0 Å². The van der Waals surface area contributed by atoms with Gasteiger partial charge in [0.15, 0.2) is 0 Å². The van der Waals surface area contributed by atoms with Gasteiger partial charge >= 0.3 is 0 Å². The Morgan fingerprint density at radius 2 is 2.35 bits per heavy atom. The van der Waals surface area contributed by atoms with E-state index in [1.54, 1.807) is 23.1 Å². The highest BCUT2D eigenvalue weighted by Gasteiger charge is 2.08. The Kier molecular flexibility index (Phi) is 5.17. The predicted molar refractivity (Wildman–Crippen MR) is 79.5 cm³/mol. The summed E-state index contributed by atoms with van der Waals surface area (Å²) in [6.45, 7) is 2.58. The minimum absolute atomic E-state index is 0.0848. The Morgan fingerprint density at radius 3 is 3.05 bits per heavy atom. The summed E-state index contributed by atoms with van der Waals surface area (Å²) in [5.74, 6) is 0.687. The molecule has 0 saturated carbocycles. The number of nitrogens with zero attached hydrogens (tertiary/aromatic N) is 2. The van der Waals surface area contributed by atoms with Crippen LogP contribution in [0.15, 0.2) is 47.2 Å². The molecule has 2 rings (SSSR count). The lowest BCUT2D eigenvalue weighted by Gasteiger charge is -2.15. The van der Waals surface area contributed by atoms with Gasteiger partial charge in [0, 0.05) is 16.9 Å². The fourth-order valence-electron chi connectivity index (χ4n) is 1.67. The third-order valence-electron chi connectivity index (χ3n) is 2.58. The van der Waals surface area contributed by atoms with Crippen LogP contribution < -0.4 is 10.1 Å². The normalized spacial score (nSPS) is 11.9. The van der Waals surface area contributed by atoms with Gasteiger partial charge in [-0.1, -0.05) is 22.0 Å². The summed E-state index contributed by atoms with van der Waals surface area (Å²) >= 11 is 3.39. The summed E-state index contributed by atoms with van der Waals surface area (Å²) < 4.78 is 8.26. The van der Waals surface area contributed by atoms with Gasteiger partial charge in [0.05, 0.1) is 6.54 Å². The molecule has 0 spiro atoms. The van der Waals surface area contributed by atoms with Crippen LogP contribution in [0.5, 0.6) is 5.75 Å². The minimum atomic E-state index is -0.106. The Balaban J connectivity index is 1.74. The number of ether oxygens (including phenoxy) is 1. The lowest BCUT2D eigenvalue weighted by molar-refractivity contribution is -0.122. The first-order chi connectivity index (χ1) is 9.63. The Morgan fingerprint density at radius 1 is 1.50 bits per heavy atom. The average molecular weight is 338 g/mol. The second-order valence-electron chi connectivity index (χ2n) is 4.39. The number of hydrogen-bond donors (Lipinski definition) is 1. The summed E-state index contributed by atoms with van der Waals surface area (Å²) in [6.07, 6.45) is 3.29. The van der Waals surface area contributed by atoms with E-state index < -0.39 is 0 Å². The Bertz CT molecular complexity index is 557. The van der Waals surface area contributed by atoms with Gasteiger partial charge in [-0.15, -0.1) is 0 Å². The number of carbonyl (C=O) groups is 1. The molecule has 1 amide bonds. The zero-order valence-electron chi connectivity index (χ0n) is 11.1. The number of carbonyl (C=O) groups excluding carboxylic acids is 1. The minimum Gasteiger partial charge on any atom is -0.489 e. The van der Waals surface area contributed by atoms with Crippen molar-refractivity contribution in [3.8, 4) is 5.75 Å². The topological polar surface area (TPSA) is 56.2 Å². The van der Waals surface area contributed by atoms with Crippen molar-refractivity contribution < 1.29 is 9.53 Å². The molecular formula is C14H16BrN3O2. The molecule has 1 heterocycles. The second-order valence-corrected chi connectivity index (χ2v) is 5.31. The molecule has 0 unspecified atom stereocenters. The van der Waals surface area contributed by atoms with Crippen molar-refractivity contribution in [3.05, 3.63) is 47.2 Å². The van der Waals surface area contributed by atoms with Crippen LogP contribution in [0, 0.1) is 0 Å². The van der Waals surface area contributed by atoms with Crippen LogP contribution in [-0.4, -0.2) is 28.3 Å². The lowest BCUT2D eigenvalue weighted by Crippen LogP contribution is -2.35. The van der Waals surface area contributed by atoms with E-state index in [9.17, 15) is 4.79 Å². The number of amides is 1. The third-order valence-corrected chi connectivity index (χ3v) is 3.08. The molecule has 0 aliphatic rings. The maximum Gasteiger partial charge on any atom is 0.241 e. The first kappa shape index (κ1) is 14.6. The van der Waals surface area contributed by atoms with Crippen LogP contribution >= 0.6 is 15.9 Å². The summed E-state index contributed by atoms with van der Waals surface area (Å²) in [5.41, 5.74) is 0. The van der Waals surface area contributed by atoms with E-state index in [4.69, 9.17) is 4.74 Å². The standard InChI is InChI=1S/C14H16BrN3O2/c1-11(20-13-5-2-4-12(15)8-13)9-16-14(19)10-18-7-3-6-17-18/h2-8,11H,9-10H2,1H3,(H,16,19)/t11-/m0/s1. The van der Waals surface area contributed by atoms with Crippen LogP contribution in [-0.2, 0) is 11.3 Å². The van der Waals surface area contributed by atoms with Gasteiger partial charge in [-0.3, -0.25) is 9.48 Å². The van der Waals surface area contributed by atoms with Crippen molar-refractivity contribution in [2.24, 2.45) is 0 Å². The number of rotatable bonds is 6. The predicted octanol–water partition coefficient (Wildman–Crippen LogP) is 2.23. The molecule has 6 heteroatoms. The maximum absolute atomic E-state index is 11.7. The summed E-state index contributed by atoms with van der Waals surface area (Å²) in [5, 5.41) is 6.80. The monoisotopic (exact) mass is 337 g/mol. The smallest absolute Gasteiger partial charge is 0.241 e. The molecule has 20 heavy (non-hydrogen) atoms. The van der Waals surface area contributed by atoms with E-state index in [0.717, 1.165) is 10.2 Å². The van der Waals surface area contributed by atoms with E-state index in [-0.39, 0.29) is 18.6 Å². The first-order valence-electron chi connectivity index (χ1n) is 6.30. The molecule has 0 aliphatic carbocycles. The molecule has 2 aromatic rings. The van der Waals surface area contributed by atoms with Gasteiger partial charge in [0.1, 0.15) is 18.4 Å². The van der Waals surface area contributed by atoms with E-state index in [1.165, 1.54) is 0 Å². The molecule has 0 bridgehead atoms. The summed E-state index contributed by atoms with van der Waals surface area (Å²) in [4.78, 5) is 11.7. The van der Waals surface area contributed by atoms with Gasteiger partial charge in [-0.05, 0) is 31.2 Å². The number of aromatic nitrogens is 2. The highest BCUT2D eigenvalue weighted by Crippen LogP contribution is 2.18. The SMILES string of the molecule is C[C@@H](CNC(=O)Cn1cccn1)Oc1cccc(Br)c1. The van der Waals surface area contributed by atoms with Gasteiger partial charge in [-0.25, -0.2) is 0 Å². The van der Waals surface area contributed by atoms with Crippen molar-refractivity contribution >= 4 is 21.8 Å². The number of benzene rings is 1. The summed E-state index contributed by atoms with van der Waals surface area (Å²) in [6, 6.07) is 9.40. The molecule has 1 N–H and O–H groups in total. The van der Waals surface area contributed by atoms with Crippen molar-refractivity contribution in [1.82, 2.24) is 15.1 Å². The molecule has 1 atom stereocenters. The fraction of sp³-hybridized carbons (Fsp3) is 0.286.